The summed E-state index contributed by atoms with van der Waals surface area (Å²) in [6, 6.07) is 0. The minimum absolute atomic E-state index is 0.105. The van der Waals surface area contributed by atoms with E-state index in [4.69, 9.17) is 14.2 Å². The van der Waals surface area contributed by atoms with Crippen molar-refractivity contribution in [3.63, 3.8) is 0 Å². The predicted octanol–water partition coefficient (Wildman–Crippen LogP) is 23.9. The standard InChI is InChI=1S/C76H128O6/c1-4-7-10-13-16-19-22-25-28-30-31-32-33-34-35-36-37-38-39-40-41-42-43-44-45-47-48-51-54-57-60-63-66-69-75(78)81-72-73(71-80-74(77)68-65-62-59-56-53-50-27-24-21-18-15-12-9-6-3)82-76(79)70-67-64-61-58-55-52-49-46-29-26-23-20-17-14-11-8-5-2/h8,11,15,17-18,20,22,24-27,29-31,33-34,49,52,58,61,73H,4-7,9-10,12-14,16,19,21,23,28,32,35-48,50-51,53-57,59-60,62-72H2,1-3H3/b11-8-,18-15-,20-17-,25-22-,27-24-,29-26-,31-30-,34-33-,52-49-,61-58-. The third kappa shape index (κ3) is 66.6. The molecule has 82 heavy (non-hydrogen) atoms. The van der Waals surface area contributed by atoms with Gasteiger partial charge in [-0.1, -0.05) is 303 Å². The first-order valence-corrected chi connectivity index (χ1v) is 34.5. The van der Waals surface area contributed by atoms with Crippen LogP contribution in [0.2, 0.25) is 0 Å². The highest BCUT2D eigenvalue weighted by atomic mass is 16.6. The van der Waals surface area contributed by atoms with Gasteiger partial charge in [0, 0.05) is 19.3 Å². The van der Waals surface area contributed by atoms with Crippen LogP contribution >= 0.6 is 0 Å². The van der Waals surface area contributed by atoms with Crippen LogP contribution in [0, 0.1) is 0 Å². The highest BCUT2D eigenvalue weighted by Crippen LogP contribution is 2.17. The average molecular weight is 1140 g/mol. The summed E-state index contributed by atoms with van der Waals surface area (Å²) in [5.41, 5.74) is 0. The van der Waals surface area contributed by atoms with Gasteiger partial charge in [0.15, 0.2) is 6.10 Å². The summed E-state index contributed by atoms with van der Waals surface area (Å²) >= 11 is 0. The van der Waals surface area contributed by atoms with Crippen LogP contribution in [0.5, 0.6) is 0 Å². The number of esters is 3. The summed E-state index contributed by atoms with van der Waals surface area (Å²) in [6.07, 6.45) is 96.7. The normalized spacial score (nSPS) is 12.9. The molecule has 0 aliphatic rings. The number of rotatable bonds is 62. The fraction of sp³-hybridized carbons (Fsp3) is 0.697. The first-order valence-electron chi connectivity index (χ1n) is 34.5. The summed E-state index contributed by atoms with van der Waals surface area (Å²) in [5.74, 6) is -0.972. The van der Waals surface area contributed by atoms with E-state index in [9.17, 15) is 14.4 Å². The summed E-state index contributed by atoms with van der Waals surface area (Å²) in [5, 5.41) is 0. The maximum Gasteiger partial charge on any atom is 0.306 e. The van der Waals surface area contributed by atoms with E-state index in [2.05, 4.69) is 142 Å². The minimum Gasteiger partial charge on any atom is -0.462 e. The van der Waals surface area contributed by atoms with Crippen molar-refractivity contribution in [1.29, 1.82) is 0 Å². The number of allylic oxidation sites excluding steroid dienone is 20. The molecule has 468 valence electrons. The molecule has 0 aliphatic carbocycles. The van der Waals surface area contributed by atoms with Gasteiger partial charge in [-0.15, -0.1) is 0 Å². The van der Waals surface area contributed by atoms with Crippen LogP contribution in [0.3, 0.4) is 0 Å². The number of carbonyl (C=O) groups is 3. The van der Waals surface area contributed by atoms with Crippen molar-refractivity contribution < 1.29 is 28.6 Å². The fourth-order valence-electron chi connectivity index (χ4n) is 9.50. The van der Waals surface area contributed by atoms with Crippen LogP contribution in [0.4, 0.5) is 0 Å². The fourth-order valence-corrected chi connectivity index (χ4v) is 9.50. The number of hydrogen-bond acceptors (Lipinski definition) is 6. The average Bonchev–Trinajstić information content (AvgIpc) is 3.48. The van der Waals surface area contributed by atoms with E-state index < -0.39 is 6.10 Å². The molecule has 1 atom stereocenters. The van der Waals surface area contributed by atoms with Crippen molar-refractivity contribution in [2.45, 2.75) is 329 Å². The zero-order valence-electron chi connectivity index (χ0n) is 53.7. The molecule has 0 spiro atoms. The first-order chi connectivity index (χ1) is 40.5. The lowest BCUT2D eigenvalue weighted by Gasteiger charge is -2.18. The molecule has 0 aliphatic heterocycles. The van der Waals surface area contributed by atoms with E-state index >= 15 is 0 Å². The second-order valence-electron chi connectivity index (χ2n) is 22.7. The van der Waals surface area contributed by atoms with Crippen LogP contribution in [-0.2, 0) is 28.6 Å². The Hall–Kier alpha value is -4.19. The maximum absolute atomic E-state index is 12.9. The molecule has 0 fully saturated rings. The Balaban J connectivity index is 4.24. The van der Waals surface area contributed by atoms with Crippen molar-refractivity contribution in [3.05, 3.63) is 122 Å². The van der Waals surface area contributed by atoms with E-state index in [1.165, 1.54) is 161 Å². The largest absolute Gasteiger partial charge is 0.462 e. The highest BCUT2D eigenvalue weighted by molar-refractivity contribution is 5.71. The third-order valence-electron chi connectivity index (χ3n) is 14.7. The van der Waals surface area contributed by atoms with Crippen LogP contribution in [0.25, 0.3) is 0 Å². The topological polar surface area (TPSA) is 78.9 Å². The van der Waals surface area contributed by atoms with Crippen molar-refractivity contribution in [1.82, 2.24) is 0 Å². The second-order valence-corrected chi connectivity index (χ2v) is 22.7. The van der Waals surface area contributed by atoms with E-state index in [-0.39, 0.29) is 37.5 Å². The van der Waals surface area contributed by atoms with Crippen LogP contribution in [0.1, 0.15) is 323 Å². The molecule has 0 N–H and O–H groups in total. The first kappa shape index (κ1) is 77.8. The van der Waals surface area contributed by atoms with Gasteiger partial charge in [-0.2, -0.15) is 0 Å². The lowest BCUT2D eigenvalue weighted by Crippen LogP contribution is -2.30. The molecule has 0 aromatic carbocycles. The summed E-state index contributed by atoms with van der Waals surface area (Å²) < 4.78 is 16.9. The zero-order valence-corrected chi connectivity index (χ0v) is 53.7. The lowest BCUT2D eigenvalue weighted by atomic mass is 10.0. The van der Waals surface area contributed by atoms with Crippen molar-refractivity contribution in [3.8, 4) is 0 Å². The Morgan fingerprint density at radius 1 is 0.256 bits per heavy atom. The molecular formula is C76H128O6. The van der Waals surface area contributed by atoms with Gasteiger partial charge in [0.1, 0.15) is 13.2 Å². The molecule has 6 nitrogen and oxygen atoms in total. The van der Waals surface area contributed by atoms with Crippen molar-refractivity contribution >= 4 is 17.9 Å². The van der Waals surface area contributed by atoms with Gasteiger partial charge in [-0.3, -0.25) is 14.4 Å². The third-order valence-corrected chi connectivity index (χ3v) is 14.7. The van der Waals surface area contributed by atoms with Crippen LogP contribution < -0.4 is 0 Å². The van der Waals surface area contributed by atoms with E-state index in [0.29, 0.717) is 19.3 Å². The van der Waals surface area contributed by atoms with Crippen molar-refractivity contribution in [2.24, 2.45) is 0 Å². The predicted molar refractivity (Wildman–Crippen MR) is 357 cm³/mol. The summed E-state index contributed by atoms with van der Waals surface area (Å²) in [4.78, 5) is 38.3. The summed E-state index contributed by atoms with van der Waals surface area (Å²) in [6.45, 7) is 6.43. The Kier molecular flexibility index (Phi) is 65.8. The van der Waals surface area contributed by atoms with Gasteiger partial charge >= 0.3 is 17.9 Å². The molecule has 0 heterocycles. The van der Waals surface area contributed by atoms with E-state index in [0.717, 1.165) is 116 Å². The molecular weight excluding hydrogens is 1010 g/mol. The maximum atomic E-state index is 12.9. The van der Waals surface area contributed by atoms with Gasteiger partial charge in [-0.25, -0.2) is 0 Å². The van der Waals surface area contributed by atoms with Crippen molar-refractivity contribution in [2.75, 3.05) is 13.2 Å². The molecule has 0 radical (unpaired) electrons. The van der Waals surface area contributed by atoms with Crippen LogP contribution in [-0.4, -0.2) is 37.2 Å². The van der Waals surface area contributed by atoms with Gasteiger partial charge in [0.05, 0.1) is 0 Å². The quantitative estimate of drug-likeness (QED) is 0.0261. The summed E-state index contributed by atoms with van der Waals surface area (Å²) in [7, 11) is 0. The second kappa shape index (κ2) is 69.3. The Morgan fingerprint density at radius 2 is 0.500 bits per heavy atom. The number of hydrogen-bond donors (Lipinski definition) is 0. The van der Waals surface area contributed by atoms with Gasteiger partial charge in [-0.05, 0) is 122 Å². The van der Waals surface area contributed by atoms with Crippen LogP contribution in [0.15, 0.2) is 122 Å². The minimum atomic E-state index is -0.817. The number of unbranched alkanes of at least 4 members (excludes halogenated alkanes) is 31. The SMILES string of the molecule is CC/C=C\C/C=C\C/C=C\C/C=C\C/C=C\CCCC(=O)OC(COC(=O)CCCCCCC/C=C\C/C=C\CCCC)COC(=O)CCCCCCCCCCCCCCCCCCCC/C=C\C/C=C\C/C=C\CCCCCCC. The molecule has 0 aromatic rings. The molecule has 0 amide bonds. The highest BCUT2D eigenvalue weighted by Gasteiger charge is 2.19. The van der Waals surface area contributed by atoms with E-state index in [1.807, 2.05) is 0 Å². The molecule has 0 aromatic heterocycles. The van der Waals surface area contributed by atoms with E-state index in [1.54, 1.807) is 0 Å². The Labute approximate surface area is 507 Å². The Morgan fingerprint density at radius 3 is 0.817 bits per heavy atom. The Bertz CT molecular complexity index is 1690. The smallest absolute Gasteiger partial charge is 0.306 e. The molecule has 0 rings (SSSR count). The molecule has 0 saturated heterocycles. The van der Waals surface area contributed by atoms with Gasteiger partial charge < -0.3 is 14.2 Å². The molecule has 0 bridgehead atoms. The zero-order chi connectivity index (χ0) is 59.2. The molecule has 0 saturated carbocycles. The number of carbonyl (C=O) groups excluding carboxylic acids is 3. The van der Waals surface area contributed by atoms with Gasteiger partial charge in [0.25, 0.3) is 0 Å². The molecule has 6 heteroatoms. The lowest BCUT2D eigenvalue weighted by molar-refractivity contribution is -0.167. The monoisotopic (exact) mass is 1140 g/mol. The molecule has 1 unspecified atom stereocenters. The van der Waals surface area contributed by atoms with Gasteiger partial charge in [0.2, 0.25) is 0 Å². The number of ether oxygens (including phenoxy) is 3.